The van der Waals surface area contributed by atoms with E-state index >= 15 is 0 Å². The lowest BCUT2D eigenvalue weighted by molar-refractivity contribution is -0.139. The normalized spacial score (nSPS) is 13.6. The van der Waals surface area contributed by atoms with Crippen molar-refractivity contribution in [1.29, 1.82) is 0 Å². The fraction of sp³-hybridized carbons (Fsp3) is 0.571. The Balaban J connectivity index is 2.77. The van der Waals surface area contributed by atoms with Gasteiger partial charge in [-0.15, -0.1) is 0 Å². The van der Waals surface area contributed by atoms with E-state index in [1.807, 2.05) is 20.8 Å². The fourth-order valence-corrected chi connectivity index (χ4v) is 1.76. The van der Waals surface area contributed by atoms with Crippen LogP contribution in [0.4, 0.5) is 13.2 Å². The van der Waals surface area contributed by atoms with E-state index in [1.54, 1.807) is 6.07 Å². The third kappa shape index (κ3) is 4.74. The van der Waals surface area contributed by atoms with Crippen LogP contribution < -0.4 is 10.1 Å². The Morgan fingerprint density at radius 1 is 1.21 bits per heavy atom. The Hall–Kier alpha value is -1.23. The highest BCUT2D eigenvalue weighted by Gasteiger charge is 2.34. The van der Waals surface area contributed by atoms with E-state index < -0.39 is 11.7 Å². The van der Waals surface area contributed by atoms with Crippen molar-refractivity contribution in [2.24, 2.45) is 5.92 Å². The number of hydrogen-bond acceptors (Lipinski definition) is 2. The molecule has 0 aliphatic rings. The quantitative estimate of drug-likeness (QED) is 0.854. The van der Waals surface area contributed by atoms with Gasteiger partial charge in [0.25, 0.3) is 0 Å². The van der Waals surface area contributed by atoms with Gasteiger partial charge in [-0.05, 0) is 24.6 Å². The summed E-state index contributed by atoms with van der Waals surface area (Å²) in [6, 6.07) is 5.33. The van der Waals surface area contributed by atoms with E-state index in [2.05, 4.69) is 5.32 Å². The molecule has 0 amide bonds. The van der Waals surface area contributed by atoms with Crippen molar-refractivity contribution < 1.29 is 17.9 Å². The summed E-state index contributed by atoms with van der Waals surface area (Å²) in [4.78, 5) is 0. The molecule has 0 saturated heterocycles. The summed E-state index contributed by atoms with van der Waals surface area (Å²) in [5, 5.41) is 3.20. The van der Waals surface area contributed by atoms with Gasteiger partial charge in [0.2, 0.25) is 0 Å². The predicted octanol–water partition coefficient (Wildman–Crippen LogP) is 3.72. The van der Waals surface area contributed by atoms with Crippen molar-refractivity contribution in [1.82, 2.24) is 5.32 Å². The number of hydrogen-bond donors (Lipinski definition) is 1. The number of ether oxygens (including phenoxy) is 1. The first-order valence-electron chi connectivity index (χ1n) is 6.38. The van der Waals surface area contributed by atoms with Crippen LogP contribution in [0.15, 0.2) is 24.3 Å². The summed E-state index contributed by atoms with van der Waals surface area (Å²) in [5.41, 5.74) is -0.728. The molecular formula is C14H20F3NO. The van der Waals surface area contributed by atoms with Gasteiger partial charge < -0.3 is 10.1 Å². The molecule has 0 bridgehead atoms. The van der Waals surface area contributed by atoms with E-state index in [4.69, 9.17) is 4.74 Å². The van der Waals surface area contributed by atoms with Crippen molar-refractivity contribution in [3.8, 4) is 5.75 Å². The lowest BCUT2D eigenvalue weighted by Crippen LogP contribution is -2.39. The van der Waals surface area contributed by atoms with E-state index in [1.165, 1.54) is 12.1 Å². The van der Waals surface area contributed by atoms with Crippen molar-refractivity contribution >= 4 is 0 Å². The van der Waals surface area contributed by atoms with Crippen LogP contribution in [0.5, 0.6) is 5.75 Å². The maximum atomic E-state index is 12.8. The molecule has 1 atom stereocenters. The first kappa shape index (κ1) is 15.8. The van der Waals surface area contributed by atoms with Crippen LogP contribution in [0.2, 0.25) is 0 Å². The van der Waals surface area contributed by atoms with Crippen LogP contribution in [0, 0.1) is 5.92 Å². The first-order chi connectivity index (χ1) is 8.86. The molecule has 1 N–H and O–H groups in total. The zero-order chi connectivity index (χ0) is 14.5. The molecule has 1 aromatic rings. The SMILES string of the molecule is CCNC(COc1ccccc1C(F)(F)F)C(C)C. The Labute approximate surface area is 112 Å². The average Bonchev–Trinajstić information content (AvgIpc) is 2.33. The second kappa shape index (κ2) is 6.80. The fourth-order valence-electron chi connectivity index (χ4n) is 1.76. The van der Waals surface area contributed by atoms with Crippen LogP contribution >= 0.6 is 0 Å². The highest BCUT2D eigenvalue weighted by molar-refractivity contribution is 5.35. The van der Waals surface area contributed by atoms with Crippen LogP contribution in [0.1, 0.15) is 26.3 Å². The van der Waals surface area contributed by atoms with Gasteiger partial charge in [0.1, 0.15) is 12.4 Å². The van der Waals surface area contributed by atoms with Crippen molar-refractivity contribution in [2.75, 3.05) is 13.2 Å². The van der Waals surface area contributed by atoms with E-state index in [9.17, 15) is 13.2 Å². The molecule has 0 saturated carbocycles. The Kier molecular flexibility index (Phi) is 5.66. The molecule has 0 aliphatic heterocycles. The third-order valence-electron chi connectivity index (χ3n) is 2.88. The van der Waals surface area contributed by atoms with E-state index in [-0.39, 0.29) is 24.3 Å². The highest BCUT2D eigenvalue weighted by atomic mass is 19.4. The van der Waals surface area contributed by atoms with Gasteiger partial charge in [0.15, 0.2) is 0 Å². The molecule has 1 unspecified atom stereocenters. The maximum Gasteiger partial charge on any atom is 0.419 e. The molecule has 0 aliphatic carbocycles. The predicted molar refractivity (Wildman–Crippen MR) is 69.2 cm³/mol. The lowest BCUT2D eigenvalue weighted by Gasteiger charge is -2.23. The molecule has 108 valence electrons. The summed E-state index contributed by atoms with van der Waals surface area (Å²) in [7, 11) is 0. The number of para-hydroxylation sites is 1. The topological polar surface area (TPSA) is 21.3 Å². The monoisotopic (exact) mass is 275 g/mol. The first-order valence-corrected chi connectivity index (χ1v) is 6.38. The molecule has 1 rings (SSSR count). The van der Waals surface area contributed by atoms with Crippen molar-refractivity contribution in [3.05, 3.63) is 29.8 Å². The van der Waals surface area contributed by atoms with E-state index in [0.717, 1.165) is 12.6 Å². The summed E-state index contributed by atoms with van der Waals surface area (Å²) in [6.45, 7) is 6.95. The average molecular weight is 275 g/mol. The summed E-state index contributed by atoms with van der Waals surface area (Å²) in [6.07, 6.45) is -4.39. The summed E-state index contributed by atoms with van der Waals surface area (Å²) in [5.74, 6) is 0.177. The number of benzene rings is 1. The van der Waals surface area contributed by atoms with Crippen LogP contribution in [-0.2, 0) is 6.18 Å². The van der Waals surface area contributed by atoms with Gasteiger partial charge in [0, 0.05) is 6.04 Å². The molecule has 19 heavy (non-hydrogen) atoms. The van der Waals surface area contributed by atoms with Gasteiger partial charge in [-0.2, -0.15) is 13.2 Å². The smallest absolute Gasteiger partial charge is 0.419 e. The minimum atomic E-state index is -4.39. The zero-order valence-corrected chi connectivity index (χ0v) is 11.4. The number of halogens is 3. The van der Waals surface area contributed by atoms with Gasteiger partial charge in [0.05, 0.1) is 5.56 Å². The van der Waals surface area contributed by atoms with Gasteiger partial charge in [-0.3, -0.25) is 0 Å². The van der Waals surface area contributed by atoms with Crippen LogP contribution in [0.25, 0.3) is 0 Å². The molecule has 2 nitrogen and oxygen atoms in total. The zero-order valence-electron chi connectivity index (χ0n) is 11.4. The molecule has 5 heteroatoms. The molecule has 0 radical (unpaired) electrons. The minimum absolute atomic E-state index is 0.0336. The van der Waals surface area contributed by atoms with Gasteiger partial charge in [-0.25, -0.2) is 0 Å². The largest absolute Gasteiger partial charge is 0.491 e. The molecule has 0 spiro atoms. The summed E-state index contributed by atoms with van der Waals surface area (Å²) < 4.78 is 43.7. The number of rotatable bonds is 6. The Morgan fingerprint density at radius 2 is 1.84 bits per heavy atom. The van der Waals surface area contributed by atoms with Gasteiger partial charge in [-0.1, -0.05) is 32.9 Å². The second-order valence-electron chi connectivity index (χ2n) is 4.71. The molecule has 0 heterocycles. The van der Waals surface area contributed by atoms with Crippen LogP contribution in [-0.4, -0.2) is 19.2 Å². The lowest BCUT2D eigenvalue weighted by atomic mass is 10.1. The number of likely N-dealkylation sites (N-methyl/N-ethyl adjacent to an activating group) is 1. The molecule has 1 aromatic carbocycles. The second-order valence-corrected chi connectivity index (χ2v) is 4.71. The molecule has 0 aromatic heterocycles. The third-order valence-corrected chi connectivity index (χ3v) is 2.88. The van der Waals surface area contributed by atoms with Crippen molar-refractivity contribution in [2.45, 2.75) is 33.0 Å². The minimum Gasteiger partial charge on any atom is -0.491 e. The number of nitrogens with one attached hydrogen (secondary N) is 1. The molecular weight excluding hydrogens is 255 g/mol. The maximum absolute atomic E-state index is 12.8. The Bertz CT molecular complexity index is 391. The molecule has 0 fully saturated rings. The highest BCUT2D eigenvalue weighted by Crippen LogP contribution is 2.35. The number of alkyl halides is 3. The van der Waals surface area contributed by atoms with Crippen LogP contribution in [0.3, 0.4) is 0 Å². The van der Waals surface area contributed by atoms with Gasteiger partial charge >= 0.3 is 6.18 Å². The van der Waals surface area contributed by atoms with E-state index in [0.29, 0.717) is 0 Å². The summed E-state index contributed by atoms with van der Waals surface area (Å²) >= 11 is 0. The van der Waals surface area contributed by atoms with Crippen molar-refractivity contribution in [3.63, 3.8) is 0 Å². The standard InChI is InChI=1S/C14H20F3NO/c1-4-18-12(10(2)3)9-19-13-8-6-5-7-11(13)14(15,16)17/h5-8,10,12,18H,4,9H2,1-3H3. The Morgan fingerprint density at radius 3 is 2.37 bits per heavy atom.